The number of nitrogens with two attached hydrogens (primary N) is 1. The molecule has 7 nitrogen and oxygen atoms in total. The van der Waals surface area contributed by atoms with Crippen molar-refractivity contribution in [2.75, 3.05) is 18.4 Å². The third kappa shape index (κ3) is 6.68. The van der Waals surface area contributed by atoms with E-state index in [1.54, 1.807) is 46.8 Å². The Balaban J connectivity index is 1.37. The molecule has 2 aliphatic rings. The number of nitrogens with zero attached hydrogens (tertiary/aromatic N) is 1. The Bertz CT molecular complexity index is 1540. The quantitative estimate of drug-likeness (QED) is 0.304. The van der Waals surface area contributed by atoms with Gasteiger partial charge in [-0.2, -0.15) is 4.31 Å². The molecule has 3 aromatic rings. The maximum Gasteiger partial charge on any atom is 0.242 e. The van der Waals surface area contributed by atoms with Crippen LogP contribution in [-0.4, -0.2) is 55.1 Å². The molecule has 11 heteroatoms. The number of hydrogen-bond acceptors (Lipinski definition) is 5. The average molecular weight is 617 g/mol. The van der Waals surface area contributed by atoms with E-state index in [0.29, 0.717) is 48.5 Å². The Morgan fingerprint density at radius 1 is 1.07 bits per heavy atom. The molecular formula is C31H35ClF2N4O3S. The summed E-state index contributed by atoms with van der Waals surface area (Å²) in [7, 11) is -3.43. The molecule has 1 amide bonds. The van der Waals surface area contributed by atoms with Crippen molar-refractivity contribution in [3.63, 3.8) is 0 Å². The smallest absolute Gasteiger partial charge is 0.242 e. The van der Waals surface area contributed by atoms with Gasteiger partial charge < -0.3 is 16.4 Å². The standard InChI is InChI=1S/C31H35ClF2N4O3S/c1-19-17-36-18-24(38(19)42(40,41)25-13-14-25)12-15-26-27(34)6-3-7-28(26)37-31(39)30(35)29(20-8-10-22(32)11-9-20)21-4-2-5-23(33)16-21/h2-11,16,19,24-25,29-30,36H,12-15,17-18,35H2,1H3,(H,37,39)/t19-,24+,29+,30+/m1/s1. The Kier molecular flexibility index (Phi) is 9.29. The van der Waals surface area contributed by atoms with Crippen molar-refractivity contribution < 1.29 is 22.0 Å². The number of halogens is 3. The maximum absolute atomic E-state index is 15.2. The van der Waals surface area contributed by atoms with Crippen molar-refractivity contribution in [2.45, 2.75) is 61.9 Å². The first-order valence-electron chi connectivity index (χ1n) is 14.1. The third-order valence-electron chi connectivity index (χ3n) is 8.06. The van der Waals surface area contributed by atoms with Crippen LogP contribution in [0.15, 0.2) is 66.7 Å². The summed E-state index contributed by atoms with van der Waals surface area (Å²) >= 11 is 6.07. The zero-order chi connectivity index (χ0) is 30.0. The van der Waals surface area contributed by atoms with E-state index in [-0.39, 0.29) is 35.0 Å². The van der Waals surface area contributed by atoms with Crippen molar-refractivity contribution in [1.82, 2.24) is 9.62 Å². The van der Waals surface area contributed by atoms with Gasteiger partial charge in [0.05, 0.1) is 11.3 Å². The number of carbonyl (C=O) groups is 1. The summed E-state index contributed by atoms with van der Waals surface area (Å²) in [4.78, 5) is 13.6. The van der Waals surface area contributed by atoms with Gasteiger partial charge in [0.15, 0.2) is 0 Å². The molecule has 0 bridgehead atoms. The van der Waals surface area contributed by atoms with Crippen molar-refractivity contribution >= 4 is 33.2 Å². The highest BCUT2D eigenvalue weighted by Gasteiger charge is 2.45. The summed E-state index contributed by atoms with van der Waals surface area (Å²) in [6, 6.07) is 15.4. The fraction of sp³-hybridized carbons (Fsp3) is 0.387. The molecule has 4 atom stereocenters. The predicted molar refractivity (Wildman–Crippen MR) is 161 cm³/mol. The zero-order valence-corrected chi connectivity index (χ0v) is 24.8. The van der Waals surface area contributed by atoms with Crippen LogP contribution in [0.2, 0.25) is 5.02 Å². The highest BCUT2D eigenvalue weighted by atomic mass is 35.5. The molecule has 224 valence electrons. The van der Waals surface area contributed by atoms with Crippen molar-refractivity contribution in [3.05, 3.63) is 100 Å². The number of carbonyl (C=O) groups excluding carboxylic acids is 1. The highest BCUT2D eigenvalue weighted by Crippen LogP contribution is 2.35. The summed E-state index contributed by atoms with van der Waals surface area (Å²) in [6.45, 7) is 2.90. The first kappa shape index (κ1) is 30.6. The van der Waals surface area contributed by atoms with Gasteiger partial charge in [-0.05, 0) is 80.1 Å². The molecule has 3 aromatic carbocycles. The van der Waals surface area contributed by atoms with E-state index >= 15 is 4.39 Å². The summed E-state index contributed by atoms with van der Waals surface area (Å²) in [5, 5.41) is 6.25. The number of piperazine rings is 1. The molecule has 4 N–H and O–H groups in total. The summed E-state index contributed by atoms with van der Waals surface area (Å²) in [5.74, 6) is -2.24. The molecular weight excluding hydrogens is 582 g/mol. The lowest BCUT2D eigenvalue weighted by Gasteiger charge is -2.40. The van der Waals surface area contributed by atoms with Crippen LogP contribution in [0.25, 0.3) is 0 Å². The van der Waals surface area contributed by atoms with E-state index in [0.717, 1.165) is 0 Å². The molecule has 1 aliphatic heterocycles. The number of nitrogens with one attached hydrogen (secondary N) is 2. The first-order chi connectivity index (χ1) is 20.1. The normalized spacial score (nSPS) is 21.1. The largest absolute Gasteiger partial charge is 0.324 e. The van der Waals surface area contributed by atoms with Crippen LogP contribution >= 0.6 is 11.6 Å². The molecule has 1 aliphatic carbocycles. The Labute approximate surface area is 250 Å². The average Bonchev–Trinajstić information content (AvgIpc) is 3.80. The second kappa shape index (κ2) is 12.8. The molecule has 1 heterocycles. The lowest BCUT2D eigenvalue weighted by Crippen LogP contribution is -2.59. The van der Waals surface area contributed by atoms with E-state index in [1.807, 2.05) is 6.92 Å². The Morgan fingerprint density at radius 3 is 2.48 bits per heavy atom. The van der Waals surface area contributed by atoms with Gasteiger partial charge in [-0.15, -0.1) is 0 Å². The summed E-state index contributed by atoms with van der Waals surface area (Å²) in [5.41, 5.74) is 8.23. The summed E-state index contributed by atoms with van der Waals surface area (Å²) in [6.07, 6.45) is 1.91. The zero-order valence-electron chi connectivity index (χ0n) is 23.3. The monoisotopic (exact) mass is 616 g/mol. The lowest BCUT2D eigenvalue weighted by molar-refractivity contribution is -0.117. The van der Waals surface area contributed by atoms with Crippen LogP contribution in [0, 0.1) is 11.6 Å². The van der Waals surface area contributed by atoms with E-state index in [2.05, 4.69) is 10.6 Å². The highest BCUT2D eigenvalue weighted by molar-refractivity contribution is 7.90. The van der Waals surface area contributed by atoms with Gasteiger partial charge in [0.25, 0.3) is 0 Å². The summed E-state index contributed by atoms with van der Waals surface area (Å²) < 4.78 is 57.4. The van der Waals surface area contributed by atoms with E-state index in [4.69, 9.17) is 17.3 Å². The van der Waals surface area contributed by atoms with Crippen LogP contribution in [0.1, 0.15) is 48.8 Å². The van der Waals surface area contributed by atoms with Crippen LogP contribution in [0.4, 0.5) is 14.5 Å². The first-order valence-corrected chi connectivity index (χ1v) is 16.0. The van der Waals surface area contributed by atoms with Crippen LogP contribution in [0.5, 0.6) is 0 Å². The lowest BCUT2D eigenvalue weighted by atomic mass is 9.85. The van der Waals surface area contributed by atoms with Crippen LogP contribution < -0.4 is 16.4 Å². The topological polar surface area (TPSA) is 105 Å². The van der Waals surface area contributed by atoms with Gasteiger partial charge in [-0.1, -0.05) is 41.9 Å². The number of hydrogen-bond donors (Lipinski definition) is 3. The molecule has 1 saturated heterocycles. The van der Waals surface area contributed by atoms with Gasteiger partial charge in [-0.25, -0.2) is 17.2 Å². The maximum atomic E-state index is 15.2. The molecule has 42 heavy (non-hydrogen) atoms. The van der Waals surface area contributed by atoms with E-state index in [1.165, 1.54) is 24.3 Å². The molecule has 2 fully saturated rings. The van der Waals surface area contributed by atoms with Gasteiger partial charge in [0.2, 0.25) is 15.9 Å². The van der Waals surface area contributed by atoms with Crippen molar-refractivity contribution in [2.24, 2.45) is 5.73 Å². The van der Waals surface area contributed by atoms with Crippen LogP contribution in [0.3, 0.4) is 0 Å². The molecule has 0 radical (unpaired) electrons. The number of rotatable bonds is 10. The number of sulfonamides is 1. The second-order valence-corrected chi connectivity index (χ2v) is 13.7. The van der Waals surface area contributed by atoms with E-state index in [9.17, 15) is 17.6 Å². The predicted octanol–water partition coefficient (Wildman–Crippen LogP) is 4.80. The SMILES string of the molecule is C[C@@H]1CNC[C@H](CCc2c(F)cccc2NC(=O)[C@@H](N)[C@@H](c2ccc(Cl)cc2)c2cccc(F)c2)N1S(=O)(=O)C1CC1. The van der Waals surface area contributed by atoms with Gasteiger partial charge in [0, 0.05) is 47.4 Å². The number of amides is 1. The molecule has 0 aromatic heterocycles. The minimum absolute atomic E-state index is 0.206. The molecule has 5 rings (SSSR count). The molecule has 0 spiro atoms. The second-order valence-electron chi connectivity index (χ2n) is 11.1. The number of anilines is 1. The molecule has 0 unspecified atom stereocenters. The van der Waals surface area contributed by atoms with Crippen LogP contribution in [-0.2, 0) is 21.2 Å². The van der Waals surface area contributed by atoms with Gasteiger partial charge in [0.1, 0.15) is 11.6 Å². The minimum Gasteiger partial charge on any atom is -0.324 e. The fourth-order valence-corrected chi connectivity index (χ4v) is 8.18. The van der Waals surface area contributed by atoms with Gasteiger partial charge >= 0.3 is 0 Å². The Hall–Kier alpha value is -2.89. The third-order valence-corrected chi connectivity index (χ3v) is 10.9. The van der Waals surface area contributed by atoms with Crippen molar-refractivity contribution in [3.8, 4) is 0 Å². The molecule has 1 saturated carbocycles. The van der Waals surface area contributed by atoms with Gasteiger partial charge in [-0.3, -0.25) is 4.79 Å². The minimum atomic E-state index is -3.43. The van der Waals surface area contributed by atoms with Crippen molar-refractivity contribution in [1.29, 1.82) is 0 Å². The van der Waals surface area contributed by atoms with E-state index < -0.39 is 39.5 Å². The number of benzene rings is 3. The Morgan fingerprint density at radius 2 is 1.79 bits per heavy atom. The fourth-order valence-electron chi connectivity index (χ4n) is 5.81.